The van der Waals surface area contributed by atoms with Crippen LogP contribution in [0.4, 0.5) is 5.69 Å². The Bertz CT molecular complexity index is 585. The van der Waals surface area contributed by atoms with E-state index in [0.717, 1.165) is 6.07 Å². The van der Waals surface area contributed by atoms with Crippen LogP contribution in [0.15, 0.2) is 24.3 Å². The number of halogens is 1. The van der Waals surface area contributed by atoms with Crippen molar-refractivity contribution in [2.24, 2.45) is 0 Å². The first-order valence-electron chi connectivity index (χ1n) is 5.47. The number of nitrogens with zero attached hydrogens (tertiary/aromatic N) is 1. The minimum Gasteiger partial charge on any atom is -0.385 e. The number of hydrogen-bond donors (Lipinski definition) is 1. The highest BCUT2D eigenvalue weighted by molar-refractivity contribution is 7.94. The Balaban J connectivity index is 3.24. The highest BCUT2D eigenvalue weighted by Gasteiger charge is 2.43. The van der Waals surface area contributed by atoms with Gasteiger partial charge in [0.2, 0.25) is 0 Å². The van der Waals surface area contributed by atoms with E-state index in [1.807, 2.05) is 0 Å². The predicted octanol–water partition coefficient (Wildman–Crippen LogP) is 2.02. The van der Waals surface area contributed by atoms with Crippen molar-refractivity contribution < 1.29 is 18.4 Å². The van der Waals surface area contributed by atoms with Crippen LogP contribution in [-0.2, 0) is 9.84 Å². The van der Waals surface area contributed by atoms with Crippen LogP contribution in [0.1, 0.15) is 25.5 Å². The quantitative estimate of drug-likeness (QED) is 0.510. The molecular formula is C11H14ClNO5S. The number of alkyl halides is 1. The lowest BCUT2D eigenvalue weighted by Gasteiger charge is -2.27. The van der Waals surface area contributed by atoms with E-state index in [9.17, 15) is 23.6 Å². The summed E-state index contributed by atoms with van der Waals surface area (Å²) in [5.74, 6) is -0.237. The second-order valence-electron chi connectivity index (χ2n) is 4.14. The number of hydrogen-bond acceptors (Lipinski definition) is 5. The summed E-state index contributed by atoms with van der Waals surface area (Å²) < 4.78 is 21.7. The monoisotopic (exact) mass is 307 g/mol. The third kappa shape index (κ3) is 3.05. The van der Waals surface area contributed by atoms with Gasteiger partial charge in [-0.1, -0.05) is 30.7 Å². The molecule has 1 rings (SSSR count). The molecule has 0 aliphatic carbocycles. The maximum absolute atomic E-state index is 11.8. The van der Waals surface area contributed by atoms with Crippen molar-refractivity contribution in [3.8, 4) is 0 Å². The minimum absolute atomic E-state index is 0.0868. The lowest BCUT2D eigenvalue weighted by Crippen LogP contribution is -2.37. The fourth-order valence-corrected chi connectivity index (χ4v) is 3.05. The number of aliphatic hydroxyl groups excluding tert-OH is 1. The molecule has 0 aromatic heterocycles. The summed E-state index contributed by atoms with van der Waals surface area (Å²) >= 11 is 5.94. The Labute approximate surface area is 116 Å². The molecule has 0 radical (unpaired) electrons. The lowest BCUT2D eigenvalue weighted by molar-refractivity contribution is -0.385. The molecule has 19 heavy (non-hydrogen) atoms. The average Bonchev–Trinajstić information content (AvgIpc) is 2.37. The summed E-state index contributed by atoms with van der Waals surface area (Å²) in [5, 5.41) is 20.7. The van der Waals surface area contributed by atoms with Crippen LogP contribution in [-0.4, -0.2) is 28.4 Å². The van der Waals surface area contributed by atoms with Gasteiger partial charge in [-0.3, -0.25) is 10.1 Å². The molecule has 2 atom stereocenters. The maximum atomic E-state index is 11.8. The Morgan fingerprint density at radius 3 is 2.58 bits per heavy atom. The number of benzene rings is 1. The van der Waals surface area contributed by atoms with Crippen LogP contribution in [0.2, 0.25) is 0 Å². The van der Waals surface area contributed by atoms with Gasteiger partial charge < -0.3 is 5.11 Å². The molecule has 0 aliphatic rings. The second kappa shape index (κ2) is 5.44. The van der Waals surface area contributed by atoms with E-state index >= 15 is 0 Å². The highest BCUT2D eigenvalue weighted by atomic mass is 35.5. The first kappa shape index (κ1) is 15.9. The van der Waals surface area contributed by atoms with Crippen molar-refractivity contribution in [3.63, 3.8) is 0 Å². The standard InChI is InChI=1S/C11H14ClNO5S/c1-3-19(17,18)11(2,12)10(14)8-5-4-6-9(7-8)13(15)16/h4-7,10,14H,3H2,1-2H3/t10-,11-/m0/s1. The van der Waals surface area contributed by atoms with Gasteiger partial charge >= 0.3 is 0 Å². The normalized spacial score (nSPS) is 16.6. The smallest absolute Gasteiger partial charge is 0.269 e. The van der Waals surface area contributed by atoms with E-state index in [2.05, 4.69) is 0 Å². The fourth-order valence-electron chi connectivity index (χ4n) is 1.56. The van der Waals surface area contributed by atoms with Crippen LogP contribution in [0.5, 0.6) is 0 Å². The number of aliphatic hydroxyl groups is 1. The molecule has 1 N–H and O–H groups in total. The van der Waals surface area contributed by atoms with Gasteiger partial charge in [0.15, 0.2) is 14.0 Å². The number of nitro benzene ring substituents is 1. The van der Waals surface area contributed by atoms with Gasteiger partial charge in [0, 0.05) is 17.9 Å². The Kier molecular flexibility index (Phi) is 4.54. The van der Waals surface area contributed by atoms with Gasteiger partial charge in [-0.15, -0.1) is 0 Å². The molecule has 106 valence electrons. The van der Waals surface area contributed by atoms with Crippen molar-refractivity contribution in [3.05, 3.63) is 39.9 Å². The number of nitro groups is 1. The van der Waals surface area contributed by atoms with Crippen LogP contribution in [0, 0.1) is 10.1 Å². The first-order chi connectivity index (χ1) is 8.63. The van der Waals surface area contributed by atoms with E-state index in [1.165, 1.54) is 32.0 Å². The predicted molar refractivity (Wildman–Crippen MR) is 71.8 cm³/mol. The van der Waals surface area contributed by atoms with Crippen molar-refractivity contribution in [1.82, 2.24) is 0 Å². The summed E-state index contributed by atoms with van der Waals surface area (Å²) in [4.78, 5) is 10.0. The molecule has 0 saturated carbocycles. The average molecular weight is 308 g/mol. The molecule has 0 aliphatic heterocycles. The van der Waals surface area contributed by atoms with Crippen LogP contribution in [0.25, 0.3) is 0 Å². The zero-order valence-electron chi connectivity index (χ0n) is 10.4. The van der Waals surface area contributed by atoms with E-state index in [1.54, 1.807) is 0 Å². The summed E-state index contributed by atoms with van der Waals surface area (Å²) in [6.45, 7) is 2.59. The molecule has 1 aromatic rings. The summed E-state index contributed by atoms with van der Waals surface area (Å²) in [6.07, 6.45) is -1.56. The third-order valence-electron chi connectivity index (χ3n) is 2.87. The number of non-ortho nitro benzene ring substituents is 1. The number of rotatable bonds is 5. The van der Waals surface area contributed by atoms with Crippen molar-refractivity contribution in [1.29, 1.82) is 0 Å². The summed E-state index contributed by atoms with van der Waals surface area (Å²) in [5.41, 5.74) is -0.151. The van der Waals surface area contributed by atoms with Gasteiger partial charge in [-0.25, -0.2) is 8.42 Å². The number of sulfone groups is 1. The molecule has 0 bridgehead atoms. The fraction of sp³-hybridized carbons (Fsp3) is 0.455. The van der Waals surface area contributed by atoms with Crippen LogP contribution in [0.3, 0.4) is 0 Å². The van der Waals surface area contributed by atoms with Crippen molar-refractivity contribution >= 4 is 27.1 Å². The molecule has 8 heteroatoms. The first-order valence-corrected chi connectivity index (χ1v) is 7.50. The zero-order chi connectivity index (χ0) is 14.8. The van der Waals surface area contributed by atoms with Crippen LogP contribution < -0.4 is 0 Å². The SMILES string of the molecule is CCS(=O)(=O)[C@](C)(Cl)[C@@H](O)c1cccc([N+](=O)[O-])c1. The Morgan fingerprint density at radius 2 is 2.11 bits per heavy atom. The molecule has 6 nitrogen and oxygen atoms in total. The van der Waals surface area contributed by atoms with E-state index in [-0.39, 0.29) is 17.0 Å². The van der Waals surface area contributed by atoms with Gasteiger partial charge in [0.1, 0.15) is 6.10 Å². The molecule has 0 spiro atoms. The summed E-state index contributed by atoms with van der Waals surface area (Å²) in [6, 6.07) is 5.11. The van der Waals surface area contributed by atoms with E-state index < -0.39 is 25.1 Å². The van der Waals surface area contributed by atoms with Crippen LogP contribution >= 0.6 is 11.6 Å². The Morgan fingerprint density at radius 1 is 1.53 bits per heavy atom. The molecule has 0 fully saturated rings. The van der Waals surface area contributed by atoms with E-state index in [4.69, 9.17) is 11.6 Å². The van der Waals surface area contributed by atoms with E-state index in [0.29, 0.717) is 0 Å². The second-order valence-corrected chi connectivity index (χ2v) is 7.81. The molecule has 0 saturated heterocycles. The summed E-state index contributed by atoms with van der Waals surface area (Å²) in [7, 11) is -3.73. The topological polar surface area (TPSA) is 97.5 Å². The highest BCUT2D eigenvalue weighted by Crippen LogP contribution is 2.37. The largest absolute Gasteiger partial charge is 0.385 e. The van der Waals surface area contributed by atoms with Gasteiger partial charge in [-0.05, 0) is 12.5 Å². The Hall–Kier alpha value is -1.18. The molecule has 0 heterocycles. The zero-order valence-corrected chi connectivity index (χ0v) is 12.0. The van der Waals surface area contributed by atoms with Gasteiger partial charge in [-0.2, -0.15) is 0 Å². The van der Waals surface area contributed by atoms with Gasteiger partial charge in [0.25, 0.3) is 5.69 Å². The van der Waals surface area contributed by atoms with Gasteiger partial charge in [0.05, 0.1) is 4.92 Å². The lowest BCUT2D eigenvalue weighted by atomic mass is 10.1. The third-order valence-corrected chi connectivity index (χ3v) is 5.98. The molecule has 0 unspecified atom stereocenters. The van der Waals surface area contributed by atoms with Crippen molar-refractivity contribution in [2.75, 3.05) is 5.75 Å². The molecular weight excluding hydrogens is 294 g/mol. The minimum atomic E-state index is -3.73. The molecule has 1 aromatic carbocycles. The molecule has 0 amide bonds. The van der Waals surface area contributed by atoms with Crippen molar-refractivity contribution in [2.45, 2.75) is 24.2 Å². The maximum Gasteiger partial charge on any atom is 0.269 e.